The zero-order valence-electron chi connectivity index (χ0n) is 12.4. The fourth-order valence-electron chi connectivity index (χ4n) is 3.57. The van der Waals surface area contributed by atoms with Gasteiger partial charge in [-0.15, -0.1) is 0 Å². The molecule has 1 saturated heterocycles. The molecule has 0 spiro atoms. The van der Waals surface area contributed by atoms with Crippen LogP contribution in [0.2, 0.25) is 0 Å². The lowest BCUT2D eigenvalue weighted by molar-refractivity contribution is -0.136. The van der Waals surface area contributed by atoms with Crippen LogP contribution >= 0.6 is 0 Å². The summed E-state index contributed by atoms with van der Waals surface area (Å²) < 4.78 is 0. The molecule has 0 bridgehead atoms. The third kappa shape index (κ3) is 2.24. The zero-order chi connectivity index (χ0) is 14.2. The van der Waals surface area contributed by atoms with Gasteiger partial charge in [-0.3, -0.25) is 4.79 Å². The van der Waals surface area contributed by atoms with Crippen molar-refractivity contribution in [2.24, 2.45) is 5.92 Å². The van der Waals surface area contributed by atoms with Gasteiger partial charge in [0.2, 0.25) is 5.91 Å². The summed E-state index contributed by atoms with van der Waals surface area (Å²) in [5.74, 6) is 0.884. The number of piperidine rings is 1. The van der Waals surface area contributed by atoms with Crippen molar-refractivity contribution >= 4 is 5.91 Å². The quantitative estimate of drug-likeness (QED) is 0.914. The molecule has 0 aromatic heterocycles. The van der Waals surface area contributed by atoms with E-state index >= 15 is 0 Å². The van der Waals surface area contributed by atoms with Crippen molar-refractivity contribution in [3.8, 4) is 0 Å². The maximum absolute atomic E-state index is 12.9. The first kappa shape index (κ1) is 13.6. The molecule has 2 fully saturated rings. The summed E-state index contributed by atoms with van der Waals surface area (Å²) in [7, 11) is 2.02. The van der Waals surface area contributed by atoms with Gasteiger partial charge in [-0.05, 0) is 37.8 Å². The van der Waals surface area contributed by atoms with E-state index in [1.54, 1.807) is 0 Å². The van der Waals surface area contributed by atoms with E-state index in [1.807, 2.05) is 25.2 Å². The van der Waals surface area contributed by atoms with E-state index in [-0.39, 0.29) is 5.41 Å². The molecular formula is C17H24N2O. The van der Waals surface area contributed by atoms with Crippen LogP contribution in [0.4, 0.5) is 0 Å². The first-order valence-corrected chi connectivity index (χ1v) is 7.69. The lowest BCUT2D eigenvalue weighted by atomic mass is 9.90. The maximum atomic E-state index is 12.9. The summed E-state index contributed by atoms with van der Waals surface area (Å²) in [5, 5.41) is 3.36. The molecule has 2 unspecified atom stereocenters. The van der Waals surface area contributed by atoms with Gasteiger partial charge >= 0.3 is 0 Å². The van der Waals surface area contributed by atoms with Gasteiger partial charge in [-0.1, -0.05) is 37.3 Å². The van der Waals surface area contributed by atoms with Crippen LogP contribution in [0.3, 0.4) is 0 Å². The molecule has 1 amide bonds. The van der Waals surface area contributed by atoms with Crippen molar-refractivity contribution in [1.82, 2.24) is 10.2 Å². The Morgan fingerprint density at radius 3 is 2.55 bits per heavy atom. The fourth-order valence-corrected chi connectivity index (χ4v) is 3.57. The van der Waals surface area contributed by atoms with E-state index < -0.39 is 0 Å². The highest BCUT2D eigenvalue weighted by Crippen LogP contribution is 2.49. The van der Waals surface area contributed by atoms with Gasteiger partial charge in [0, 0.05) is 19.1 Å². The van der Waals surface area contributed by atoms with Gasteiger partial charge in [-0.25, -0.2) is 0 Å². The number of rotatable bonds is 3. The molecule has 3 rings (SSSR count). The van der Waals surface area contributed by atoms with Crippen molar-refractivity contribution in [1.29, 1.82) is 0 Å². The Bertz CT molecular complexity index is 481. The normalized spacial score (nSPS) is 28.2. The molecule has 1 heterocycles. The molecule has 1 aliphatic carbocycles. The zero-order valence-corrected chi connectivity index (χ0v) is 12.4. The molecule has 20 heavy (non-hydrogen) atoms. The third-order valence-electron chi connectivity index (χ3n) is 5.05. The van der Waals surface area contributed by atoms with Gasteiger partial charge in [0.15, 0.2) is 0 Å². The van der Waals surface area contributed by atoms with E-state index in [0.29, 0.717) is 17.9 Å². The van der Waals surface area contributed by atoms with Gasteiger partial charge < -0.3 is 10.2 Å². The second-order valence-corrected chi connectivity index (χ2v) is 6.36. The average molecular weight is 272 g/mol. The van der Waals surface area contributed by atoms with Crippen LogP contribution in [0.1, 0.15) is 31.7 Å². The minimum Gasteiger partial charge on any atom is -0.342 e. The second-order valence-electron chi connectivity index (χ2n) is 6.36. The highest BCUT2D eigenvalue weighted by molar-refractivity contribution is 5.91. The molecule has 1 aromatic carbocycles. The van der Waals surface area contributed by atoms with E-state index in [9.17, 15) is 4.79 Å². The predicted octanol–water partition coefficient (Wildman–Crippen LogP) is 2.17. The Morgan fingerprint density at radius 1 is 1.30 bits per heavy atom. The molecule has 0 radical (unpaired) electrons. The topological polar surface area (TPSA) is 32.3 Å². The lowest BCUT2D eigenvalue weighted by Crippen LogP contribution is -2.51. The van der Waals surface area contributed by atoms with Crippen LogP contribution in [0.25, 0.3) is 0 Å². The van der Waals surface area contributed by atoms with Crippen molar-refractivity contribution in [2.45, 2.75) is 37.6 Å². The first-order chi connectivity index (χ1) is 9.67. The van der Waals surface area contributed by atoms with Gasteiger partial charge in [0.1, 0.15) is 0 Å². The molecule has 1 saturated carbocycles. The summed E-state index contributed by atoms with van der Waals surface area (Å²) in [6.07, 6.45) is 3.08. The molecule has 3 nitrogen and oxygen atoms in total. The van der Waals surface area contributed by atoms with Gasteiger partial charge in [-0.2, -0.15) is 0 Å². The summed E-state index contributed by atoms with van der Waals surface area (Å²) in [6.45, 7) is 4.02. The molecule has 2 atom stereocenters. The molecule has 1 aromatic rings. The average Bonchev–Trinajstić information content (AvgIpc) is 3.29. The van der Waals surface area contributed by atoms with Crippen LogP contribution in [0.15, 0.2) is 30.3 Å². The lowest BCUT2D eigenvalue weighted by Gasteiger charge is -2.38. The smallest absolute Gasteiger partial charge is 0.233 e. The molecule has 2 aliphatic rings. The molecule has 3 heteroatoms. The SMILES string of the molecule is CNC1CCN(C(=O)C2(c3ccccc3)CC2)CC1C. The number of carbonyl (C=O) groups is 1. The number of hydrogen-bond donors (Lipinski definition) is 1. The highest BCUT2D eigenvalue weighted by Gasteiger charge is 2.53. The molecule has 1 aliphatic heterocycles. The van der Waals surface area contributed by atoms with Crippen LogP contribution in [0.5, 0.6) is 0 Å². The Labute approximate surface area is 121 Å². The Balaban J connectivity index is 1.74. The summed E-state index contributed by atoms with van der Waals surface area (Å²) in [4.78, 5) is 15.0. The monoisotopic (exact) mass is 272 g/mol. The number of hydrogen-bond acceptors (Lipinski definition) is 2. The van der Waals surface area contributed by atoms with E-state index in [2.05, 4.69) is 29.3 Å². The van der Waals surface area contributed by atoms with E-state index in [1.165, 1.54) is 5.56 Å². The van der Waals surface area contributed by atoms with E-state index in [0.717, 1.165) is 32.4 Å². The van der Waals surface area contributed by atoms with Crippen LogP contribution in [-0.2, 0) is 10.2 Å². The minimum absolute atomic E-state index is 0.201. The molecular weight excluding hydrogens is 248 g/mol. The van der Waals surface area contributed by atoms with Crippen molar-refractivity contribution in [2.75, 3.05) is 20.1 Å². The van der Waals surface area contributed by atoms with Crippen molar-refractivity contribution in [3.05, 3.63) is 35.9 Å². The summed E-state index contributed by atoms with van der Waals surface area (Å²) in [5.41, 5.74) is 1.00. The summed E-state index contributed by atoms with van der Waals surface area (Å²) in [6, 6.07) is 10.9. The Kier molecular flexibility index (Phi) is 3.55. The first-order valence-electron chi connectivity index (χ1n) is 7.69. The highest BCUT2D eigenvalue weighted by atomic mass is 16.2. The number of benzene rings is 1. The third-order valence-corrected chi connectivity index (χ3v) is 5.05. The Morgan fingerprint density at radius 2 is 2.00 bits per heavy atom. The number of carbonyl (C=O) groups excluding carboxylic acids is 1. The minimum atomic E-state index is -0.201. The van der Waals surface area contributed by atoms with Gasteiger partial charge in [0.05, 0.1) is 5.41 Å². The number of nitrogens with zero attached hydrogens (tertiary/aromatic N) is 1. The number of nitrogens with one attached hydrogen (secondary N) is 1. The largest absolute Gasteiger partial charge is 0.342 e. The van der Waals surface area contributed by atoms with Crippen LogP contribution < -0.4 is 5.32 Å². The van der Waals surface area contributed by atoms with Crippen molar-refractivity contribution in [3.63, 3.8) is 0 Å². The molecule has 108 valence electrons. The number of amides is 1. The van der Waals surface area contributed by atoms with E-state index in [4.69, 9.17) is 0 Å². The fraction of sp³-hybridized carbons (Fsp3) is 0.588. The second kappa shape index (κ2) is 5.21. The number of likely N-dealkylation sites (tertiary alicyclic amines) is 1. The van der Waals surface area contributed by atoms with Crippen molar-refractivity contribution < 1.29 is 4.79 Å². The Hall–Kier alpha value is -1.35. The maximum Gasteiger partial charge on any atom is 0.233 e. The van der Waals surface area contributed by atoms with Gasteiger partial charge in [0.25, 0.3) is 0 Å². The van der Waals surface area contributed by atoms with Crippen LogP contribution in [-0.4, -0.2) is 37.0 Å². The standard InChI is InChI=1S/C17H24N2O/c1-13-12-19(11-8-15(13)18-2)16(20)17(9-10-17)14-6-4-3-5-7-14/h3-7,13,15,18H,8-12H2,1-2H3. The molecule has 1 N–H and O–H groups in total. The predicted molar refractivity (Wildman–Crippen MR) is 80.6 cm³/mol. The van der Waals surface area contributed by atoms with Crippen LogP contribution in [0, 0.1) is 5.92 Å². The summed E-state index contributed by atoms with van der Waals surface area (Å²) >= 11 is 0.